The van der Waals surface area contributed by atoms with E-state index in [0.29, 0.717) is 22.2 Å². The fraction of sp³-hybridized carbons (Fsp3) is 0.125. The van der Waals surface area contributed by atoms with Gasteiger partial charge in [-0.05, 0) is 29.3 Å². The van der Waals surface area contributed by atoms with E-state index < -0.39 is 0 Å². The summed E-state index contributed by atoms with van der Waals surface area (Å²) in [6.45, 7) is 2.28. The highest BCUT2D eigenvalue weighted by Crippen LogP contribution is 2.20. The van der Waals surface area contributed by atoms with Gasteiger partial charge in [0.1, 0.15) is 4.88 Å². The van der Waals surface area contributed by atoms with Crippen molar-refractivity contribution in [1.82, 2.24) is 10.3 Å². The zero-order valence-electron chi connectivity index (χ0n) is 11.6. The van der Waals surface area contributed by atoms with E-state index in [-0.39, 0.29) is 5.91 Å². The Morgan fingerprint density at radius 2 is 2.00 bits per heavy atom. The molecule has 21 heavy (non-hydrogen) atoms. The normalized spacial score (nSPS) is 10.7. The summed E-state index contributed by atoms with van der Waals surface area (Å²) < 4.78 is 0. The first kappa shape index (κ1) is 13.6. The monoisotopic (exact) mass is 297 g/mol. The summed E-state index contributed by atoms with van der Waals surface area (Å²) in [5.74, 6) is -0.130. The van der Waals surface area contributed by atoms with Gasteiger partial charge >= 0.3 is 0 Å². The molecule has 0 saturated carbocycles. The predicted octanol–water partition coefficient (Wildman–Crippen LogP) is 3.12. The van der Waals surface area contributed by atoms with Crippen LogP contribution in [0.1, 0.15) is 20.9 Å². The second-order valence-electron chi connectivity index (χ2n) is 4.83. The summed E-state index contributed by atoms with van der Waals surface area (Å²) in [7, 11) is 0. The lowest BCUT2D eigenvalue weighted by molar-refractivity contribution is 0.0954. The largest absolute Gasteiger partial charge is 0.375 e. The van der Waals surface area contributed by atoms with Gasteiger partial charge in [-0.2, -0.15) is 0 Å². The van der Waals surface area contributed by atoms with Crippen LogP contribution in [0.2, 0.25) is 0 Å². The third-order valence-electron chi connectivity index (χ3n) is 3.29. The van der Waals surface area contributed by atoms with Crippen LogP contribution in [-0.2, 0) is 6.54 Å². The van der Waals surface area contributed by atoms with Crippen molar-refractivity contribution in [1.29, 1.82) is 0 Å². The average molecular weight is 297 g/mol. The van der Waals surface area contributed by atoms with E-state index in [1.807, 2.05) is 18.2 Å². The lowest BCUT2D eigenvalue weighted by atomic mass is 10.1. The number of benzene rings is 2. The molecule has 3 rings (SSSR count). The van der Waals surface area contributed by atoms with E-state index in [1.54, 1.807) is 6.92 Å². The number of carbonyl (C=O) groups is 1. The number of carbonyl (C=O) groups excluding carboxylic acids is 1. The van der Waals surface area contributed by atoms with Crippen LogP contribution in [0.5, 0.6) is 0 Å². The van der Waals surface area contributed by atoms with Crippen LogP contribution in [0.4, 0.5) is 5.13 Å². The molecule has 2 aromatic carbocycles. The number of nitrogens with zero attached hydrogens (tertiary/aromatic N) is 1. The van der Waals surface area contributed by atoms with Crippen LogP contribution in [0.15, 0.2) is 42.5 Å². The molecule has 1 aromatic heterocycles. The zero-order chi connectivity index (χ0) is 14.8. The van der Waals surface area contributed by atoms with E-state index in [2.05, 4.69) is 34.6 Å². The zero-order valence-corrected chi connectivity index (χ0v) is 12.4. The highest BCUT2D eigenvalue weighted by Gasteiger charge is 2.13. The van der Waals surface area contributed by atoms with Gasteiger partial charge in [-0.1, -0.05) is 47.7 Å². The summed E-state index contributed by atoms with van der Waals surface area (Å²) in [5.41, 5.74) is 7.36. The van der Waals surface area contributed by atoms with Gasteiger partial charge in [0.2, 0.25) is 0 Å². The van der Waals surface area contributed by atoms with E-state index in [0.717, 1.165) is 5.56 Å². The molecule has 5 heteroatoms. The van der Waals surface area contributed by atoms with Crippen molar-refractivity contribution >= 4 is 33.1 Å². The highest BCUT2D eigenvalue weighted by atomic mass is 32.1. The van der Waals surface area contributed by atoms with Crippen molar-refractivity contribution in [3.8, 4) is 0 Å². The number of thiazole rings is 1. The van der Waals surface area contributed by atoms with Crippen LogP contribution in [-0.4, -0.2) is 10.9 Å². The van der Waals surface area contributed by atoms with Crippen LogP contribution in [0, 0.1) is 6.92 Å². The average Bonchev–Trinajstić information content (AvgIpc) is 2.83. The number of rotatable bonds is 3. The lowest BCUT2D eigenvalue weighted by Gasteiger charge is -2.06. The fourth-order valence-corrected chi connectivity index (χ4v) is 2.99. The molecule has 106 valence electrons. The third-order valence-corrected chi connectivity index (χ3v) is 4.27. The van der Waals surface area contributed by atoms with Crippen molar-refractivity contribution in [3.63, 3.8) is 0 Å². The molecule has 3 aromatic rings. The molecule has 4 nitrogen and oxygen atoms in total. The second-order valence-corrected chi connectivity index (χ2v) is 5.86. The maximum atomic E-state index is 12.1. The quantitative estimate of drug-likeness (QED) is 0.780. The number of amides is 1. The number of aryl methyl sites for hydroxylation is 1. The number of hydrogen-bond donors (Lipinski definition) is 2. The number of nitrogen functional groups attached to an aromatic ring is 1. The van der Waals surface area contributed by atoms with E-state index in [9.17, 15) is 4.79 Å². The van der Waals surface area contributed by atoms with Crippen LogP contribution in [0.3, 0.4) is 0 Å². The van der Waals surface area contributed by atoms with Gasteiger partial charge in [0.25, 0.3) is 5.91 Å². The SMILES string of the molecule is Cc1nc(N)sc1C(=O)NCc1ccc2ccccc2c1. The lowest BCUT2D eigenvalue weighted by Crippen LogP contribution is -2.22. The first-order chi connectivity index (χ1) is 10.1. The Labute approximate surface area is 126 Å². The van der Waals surface area contributed by atoms with Gasteiger partial charge < -0.3 is 11.1 Å². The van der Waals surface area contributed by atoms with Crippen molar-refractivity contribution < 1.29 is 4.79 Å². The first-order valence-electron chi connectivity index (χ1n) is 6.62. The van der Waals surface area contributed by atoms with Crippen molar-refractivity contribution in [2.24, 2.45) is 0 Å². The second kappa shape index (κ2) is 5.54. The summed E-state index contributed by atoms with van der Waals surface area (Å²) in [6, 6.07) is 14.3. The fourth-order valence-electron chi connectivity index (χ4n) is 2.24. The number of hydrogen-bond acceptors (Lipinski definition) is 4. The van der Waals surface area contributed by atoms with Crippen LogP contribution >= 0.6 is 11.3 Å². The number of aromatic nitrogens is 1. The topological polar surface area (TPSA) is 68.0 Å². The maximum Gasteiger partial charge on any atom is 0.263 e. The molecule has 1 amide bonds. The number of nitrogens with one attached hydrogen (secondary N) is 1. The van der Waals surface area contributed by atoms with E-state index in [1.165, 1.54) is 22.1 Å². The minimum absolute atomic E-state index is 0.130. The summed E-state index contributed by atoms with van der Waals surface area (Å²) in [5, 5.41) is 5.69. The molecule has 0 spiro atoms. The molecule has 0 atom stereocenters. The Bertz CT molecular complexity index is 810. The minimum atomic E-state index is -0.130. The minimum Gasteiger partial charge on any atom is -0.375 e. The predicted molar refractivity (Wildman–Crippen MR) is 86.4 cm³/mol. The molecule has 1 heterocycles. The Balaban J connectivity index is 1.74. The van der Waals surface area contributed by atoms with Crippen molar-refractivity contribution in [2.45, 2.75) is 13.5 Å². The molecule has 0 unspecified atom stereocenters. The van der Waals surface area contributed by atoms with E-state index >= 15 is 0 Å². The maximum absolute atomic E-state index is 12.1. The number of fused-ring (bicyclic) bond motifs is 1. The van der Waals surface area contributed by atoms with Crippen molar-refractivity contribution in [2.75, 3.05) is 5.73 Å². The Hall–Kier alpha value is -2.40. The molecule has 0 bridgehead atoms. The van der Waals surface area contributed by atoms with Gasteiger partial charge in [0.05, 0.1) is 5.69 Å². The molecule has 0 saturated heterocycles. The standard InChI is InChI=1S/C16H15N3OS/c1-10-14(21-16(17)19-10)15(20)18-9-11-6-7-12-4-2-3-5-13(12)8-11/h2-8H,9H2,1H3,(H2,17,19)(H,18,20). The van der Waals surface area contributed by atoms with Gasteiger partial charge in [-0.3, -0.25) is 4.79 Å². The van der Waals surface area contributed by atoms with Crippen LogP contribution < -0.4 is 11.1 Å². The molecule has 0 radical (unpaired) electrons. The van der Waals surface area contributed by atoms with Crippen LogP contribution in [0.25, 0.3) is 10.8 Å². The van der Waals surface area contributed by atoms with Crippen molar-refractivity contribution in [3.05, 3.63) is 58.6 Å². The Kier molecular flexibility index (Phi) is 3.58. The summed E-state index contributed by atoms with van der Waals surface area (Å²) in [6.07, 6.45) is 0. The summed E-state index contributed by atoms with van der Waals surface area (Å²) >= 11 is 1.21. The third kappa shape index (κ3) is 2.87. The molecule has 0 aliphatic rings. The molecule has 0 aliphatic carbocycles. The molecule has 0 aliphatic heterocycles. The molecule has 3 N–H and O–H groups in total. The van der Waals surface area contributed by atoms with Gasteiger partial charge in [-0.15, -0.1) is 0 Å². The first-order valence-corrected chi connectivity index (χ1v) is 7.44. The molecular weight excluding hydrogens is 282 g/mol. The summed E-state index contributed by atoms with van der Waals surface area (Å²) in [4.78, 5) is 16.8. The smallest absolute Gasteiger partial charge is 0.263 e. The number of nitrogens with two attached hydrogens (primary N) is 1. The van der Waals surface area contributed by atoms with E-state index in [4.69, 9.17) is 5.73 Å². The van der Waals surface area contributed by atoms with Gasteiger partial charge in [-0.25, -0.2) is 4.98 Å². The Morgan fingerprint density at radius 3 is 2.71 bits per heavy atom. The number of anilines is 1. The molecule has 0 fully saturated rings. The van der Waals surface area contributed by atoms with Gasteiger partial charge in [0.15, 0.2) is 5.13 Å². The van der Waals surface area contributed by atoms with Gasteiger partial charge in [0, 0.05) is 6.54 Å². The molecular formula is C16H15N3OS. The highest BCUT2D eigenvalue weighted by molar-refractivity contribution is 7.17. The Morgan fingerprint density at radius 1 is 1.24 bits per heavy atom.